The van der Waals surface area contributed by atoms with Crippen molar-refractivity contribution < 1.29 is 63.6 Å². The Bertz CT molecular complexity index is 1130. The third-order valence-corrected chi connectivity index (χ3v) is 7.63. The summed E-state index contributed by atoms with van der Waals surface area (Å²) >= 11 is 0. The zero-order valence-electron chi connectivity index (χ0n) is 25.7. The Hall–Kier alpha value is -4.57. The fourth-order valence-corrected chi connectivity index (χ4v) is 4.92. The van der Waals surface area contributed by atoms with E-state index in [2.05, 4.69) is 21.3 Å². The van der Waals surface area contributed by atoms with Crippen molar-refractivity contribution in [1.82, 2.24) is 21.3 Å². The van der Waals surface area contributed by atoms with E-state index in [4.69, 9.17) is 15.3 Å². The second-order valence-corrected chi connectivity index (χ2v) is 11.4. The third kappa shape index (κ3) is 16.5. The van der Waals surface area contributed by atoms with Crippen LogP contribution in [-0.2, 0) is 43.2 Å². The number of rotatable bonds is 22. The Kier molecular flexibility index (Phi) is 17.5. The minimum atomic E-state index is -1.43. The molecule has 0 aromatic rings. The molecular formula is C29H44N4O13. The number of carbonyl (C=O) groups excluding carboxylic acids is 5. The van der Waals surface area contributed by atoms with Crippen LogP contribution in [0.2, 0.25) is 0 Å². The molecule has 8 N–H and O–H groups in total. The molecule has 258 valence electrons. The minimum Gasteiger partial charge on any atom is -0.481 e. The maximum atomic E-state index is 12.8. The van der Waals surface area contributed by atoms with Crippen LogP contribution in [0.3, 0.4) is 0 Å². The van der Waals surface area contributed by atoms with Crippen LogP contribution in [0.25, 0.3) is 0 Å². The largest absolute Gasteiger partial charge is 0.481 e. The molecular weight excluding hydrogens is 612 g/mol. The van der Waals surface area contributed by atoms with Crippen LogP contribution in [0.1, 0.15) is 90.4 Å². The highest BCUT2D eigenvalue weighted by Crippen LogP contribution is 2.28. The number of Topliss-reactive ketones (excluding diaryl/α,β-unsaturated/α-hetero) is 1. The van der Waals surface area contributed by atoms with E-state index in [9.17, 15) is 48.3 Å². The van der Waals surface area contributed by atoms with E-state index in [-0.39, 0.29) is 50.4 Å². The standard InChI is InChI=1S/C29H44N4O13/c1-16(34)19(10-13-25(39)40)32-28(44)20(11-14-26(41)42)31-23(36)12-9-21(29(45)46)33-27(43)18-7-5-17(6-8-18)15-30-22(35)3-2-4-24(37)38/h17-21H,2-15H2,1H3,(H,30,35)(H,31,36)(H,32,44)(H,33,43)(H,37,38)(H,39,40)(H,41,42)(H,45,46)/t17?,18?,19-,20-,21-/m0/s1. The van der Waals surface area contributed by atoms with E-state index in [1.807, 2.05) is 0 Å². The van der Waals surface area contributed by atoms with Gasteiger partial charge in [0.1, 0.15) is 12.1 Å². The predicted molar refractivity (Wildman–Crippen MR) is 157 cm³/mol. The number of carbonyl (C=O) groups is 9. The number of carboxylic acid groups (broad SMARTS) is 4. The van der Waals surface area contributed by atoms with Crippen molar-refractivity contribution in [3.8, 4) is 0 Å². The van der Waals surface area contributed by atoms with Crippen molar-refractivity contribution in [2.75, 3.05) is 6.54 Å². The number of ketones is 1. The molecule has 0 aromatic carbocycles. The van der Waals surface area contributed by atoms with Crippen molar-refractivity contribution in [3.05, 3.63) is 0 Å². The Morgan fingerprint density at radius 3 is 1.67 bits per heavy atom. The average molecular weight is 657 g/mol. The van der Waals surface area contributed by atoms with Gasteiger partial charge in [-0.2, -0.15) is 0 Å². The quantitative estimate of drug-likeness (QED) is 0.0750. The summed E-state index contributed by atoms with van der Waals surface area (Å²) in [7, 11) is 0. The molecule has 1 aliphatic rings. The molecule has 1 aliphatic carbocycles. The van der Waals surface area contributed by atoms with Crippen LogP contribution in [0.5, 0.6) is 0 Å². The van der Waals surface area contributed by atoms with Crippen LogP contribution in [0.4, 0.5) is 0 Å². The van der Waals surface area contributed by atoms with Crippen molar-refractivity contribution in [2.24, 2.45) is 11.8 Å². The highest BCUT2D eigenvalue weighted by atomic mass is 16.4. The van der Waals surface area contributed by atoms with Gasteiger partial charge in [-0.15, -0.1) is 0 Å². The van der Waals surface area contributed by atoms with Crippen LogP contribution in [0, 0.1) is 11.8 Å². The second kappa shape index (κ2) is 20.5. The fourth-order valence-electron chi connectivity index (χ4n) is 4.92. The van der Waals surface area contributed by atoms with Gasteiger partial charge in [-0.1, -0.05) is 0 Å². The summed E-state index contributed by atoms with van der Waals surface area (Å²) in [6, 6.07) is -4.01. The number of hydrogen-bond acceptors (Lipinski definition) is 9. The minimum absolute atomic E-state index is 0.0969. The van der Waals surface area contributed by atoms with E-state index < -0.39 is 90.7 Å². The Morgan fingerprint density at radius 2 is 1.15 bits per heavy atom. The van der Waals surface area contributed by atoms with E-state index in [0.29, 0.717) is 32.2 Å². The van der Waals surface area contributed by atoms with Gasteiger partial charge in [0.25, 0.3) is 0 Å². The smallest absolute Gasteiger partial charge is 0.326 e. The first-order valence-electron chi connectivity index (χ1n) is 15.1. The topological polar surface area (TPSA) is 283 Å². The first-order chi connectivity index (χ1) is 21.6. The molecule has 4 amide bonds. The maximum absolute atomic E-state index is 12.8. The summed E-state index contributed by atoms with van der Waals surface area (Å²) in [5, 5.41) is 46.0. The third-order valence-electron chi connectivity index (χ3n) is 7.63. The van der Waals surface area contributed by atoms with Gasteiger partial charge < -0.3 is 41.7 Å². The molecule has 1 fully saturated rings. The molecule has 0 heterocycles. The zero-order valence-corrected chi connectivity index (χ0v) is 25.7. The molecule has 0 saturated heterocycles. The van der Waals surface area contributed by atoms with Gasteiger partial charge in [0.15, 0.2) is 5.78 Å². The molecule has 17 nitrogen and oxygen atoms in total. The van der Waals surface area contributed by atoms with Gasteiger partial charge in [0, 0.05) is 44.6 Å². The molecule has 46 heavy (non-hydrogen) atoms. The number of carboxylic acids is 4. The van der Waals surface area contributed by atoms with Gasteiger partial charge in [0.2, 0.25) is 23.6 Å². The molecule has 3 atom stereocenters. The number of amides is 4. The normalized spacial score (nSPS) is 17.8. The lowest BCUT2D eigenvalue weighted by Gasteiger charge is -2.28. The van der Waals surface area contributed by atoms with Crippen molar-refractivity contribution >= 4 is 53.3 Å². The fraction of sp³-hybridized carbons (Fsp3) is 0.690. The van der Waals surface area contributed by atoms with Crippen molar-refractivity contribution in [1.29, 1.82) is 0 Å². The zero-order chi connectivity index (χ0) is 34.8. The van der Waals surface area contributed by atoms with Crippen LogP contribution >= 0.6 is 0 Å². The lowest BCUT2D eigenvalue weighted by atomic mass is 9.81. The summed E-state index contributed by atoms with van der Waals surface area (Å²) in [5.74, 6) is -8.18. The molecule has 0 aromatic heterocycles. The molecule has 17 heteroatoms. The highest BCUT2D eigenvalue weighted by Gasteiger charge is 2.31. The molecule has 0 radical (unpaired) electrons. The first-order valence-corrected chi connectivity index (χ1v) is 15.1. The lowest BCUT2D eigenvalue weighted by molar-refractivity contribution is -0.143. The maximum Gasteiger partial charge on any atom is 0.326 e. The monoisotopic (exact) mass is 656 g/mol. The van der Waals surface area contributed by atoms with E-state index in [0.717, 1.165) is 6.92 Å². The SMILES string of the molecule is CC(=O)[C@H](CCC(=O)O)NC(=O)[C@H](CCC(=O)O)NC(=O)CC[C@H](NC(=O)C1CCC(CNC(=O)CCCC(=O)O)CC1)C(=O)O. The second-order valence-electron chi connectivity index (χ2n) is 11.4. The molecule has 0 spiro atoms. The highest BCUT2D eigenvalue weighted by molar-refractivity contribution is 5.92. The Morgan fingerprint density at radius 1 is 0.609 bits per heavy atom. The van der Waals surface area contributed by atoms with Gasteiger partial charge in [-0.25, -0.2) is 4.79 Å². The van der Waals surface area contributed by atoms with Crippen LogP contribution < -0.4 is 21.3 Å². The number of aliphatic carboxylic acids is 4. The van der Waals surface area contributed by atoms with Gasteiger partial charge in [0.05, 0.1) is 6.04 Å². The van der Waals surface area contributed by atoms with Gasteiger partial charge in [-0.05, 0) is 64.2 Å². The van der Waals surface area contributed by atoms with Gasteiger partial charge in [-0.3, -0.25) is 38.4 Å². The molecule has 0 unspecified atom stereocenters. The summed E-state index contributed by atoms with van der Waals surface area (Å²) in [4.78, 5) is 106. The Balaban J connectivity index is 2.63. The lowest BCUT2D eigenvalue weighted by Crippen LogP contribution is -2.51. The van der Waals surface area contributed by atoms with Crippen LogP contribution in [0.15, 0.2) is 0 Å². The average Bonchev–Trinajstić information content (AvgIpc) is 2.97. The summed E-state index contributed by atoms with van der Waals surface area (Å²) in [6.45, 7) is 1.52. The van der Waals surface area contributed by atoms with E-state index in [1.54, 1.807) is 0 Å². The number of nitrogens with one attached hydrogen (secondary N) is 4. The van der Waals surface area contributed by atoms with E-state index in [1.165, 1.54) is 0 Å². The summed E-state index contributed by atoms with van der Waals surface area (Å²) in [6.07, 6.45) is 0.0604. The first kappa shape index (κ1) is 39.5. The molecule has 1 saturated carbocycles. The summed E-state index contributed by atoms with van der Waals surface area (Å²) in [5.41, 5.74) is 0. The van der Waals surface area contributed by atoms with Crippen molar-refractivity contribution in [2.45, 2.75) is 109 Å². The molecule has 0 bridgehead atoms. The van der Waals surface area contributed by atoms with E-state index >= 15 is 0 Å². The van der Waals surface area contributed by atoms with Gasteiger partial charge >= 0.3 is 23.9 Å². The van der Waals surface area contributed by atoms with Crippen molar-refractivity contribution in [3.63, 3.8) is 0 Å². The molecule has 1 rings (SSSR count). The predicted octanol–water partition coefficient (Wildman–Crippen LogP) is -0.198. The summed E-state index contributed by atoms with van der Waals surface area (Å²) < 4.78 is 0. The molecule has 0 aliphatic heterocycles. The Labute approximate surface area is 265 Å². The van der Waals surface area contributed by atoms with Crippen LogP contribution in [-0.4, -0.2) is 98.4 Å². The number of hydrogen-bond donors (Lipinski definition) is 8.